The molecule has 1 aromatic carbocycles. The molecule has 126 valence electrons. The summed E-state index contributed by atoms with van der Waals surface area (Å²) in [5.74, 6) is 2.62. The van der Waals surface area contributed by atoms with E-state index in [1.807, 2.05) is 6.07 Å². The Kier molecular flexibility index (Phi) is 7.81. The minimum absolute atomic E-state index is 0.0224. The molecule has 0 aromatic heterocycles. The Morgan fingerprint density at radius 2 is 2.04 bits per heavy atom. The first-order valence-electron chi connectivity index (χ1n) is 7.80. The van der Waals surface area contributed by atoms with Crippen molar-refractivity contribution >= 4 is 25.6 Å². The lowest BCUT2D eigenvalue weighted by molar-refractivity contribution is -0.141. The van der Waals surface area contributed by atoms with E-state index < -0.39 is 13.9 Å². The molecule has 0 radical (unpaired) electrons. The molecule has 0 aliphatic rings. The first kappa shape index (κ1) is 19.7. The van der Waals surface area contributed by atoms with Crippen molar-refractivity contribution in [1.82, 2.24) is 0 Å². The lowest BCUT2D eigenvalue weighted by Gasteiger charge is -2.13. The van der Waals surface area contributed by atoms with Gasteiger partial charge in [0.05, 0.1) is 11.6 Å². The van der Waals surface area contributed by atoms with Crippen molar-refractivity contribution in [3.63, 3.8) is 0 Å². The Morgan fingerprint density at radius 1 is 1.35 bits per heavy atom. The summed E-state index contributed by atoms with van der Waals surface area (Å²) in [6.07, 6.45) is 2.45. The lowest BCUT2D eigenvalue weighted by Crippen LogP contribution is -2.17. The van der Waals surface area contributed by atoms with E-state index in [-0.39, 0.29) is 16.9 Å². The SMILES string of the molecule is CC(=O)OCCCC[C@@H](C#C[Si](C)(C)C)c1ccc(Cl)c(F)c1. The zero-order chi connectivity index (χ0) is 17.5. The van der Waals surface area contributed by atoms with Gasteiger partial charge in [-0.05, 0) is 37.0 Å². The van der Waals surface area contributed by atoms with Crippen LogP contribution in [0.5, 0.6) is 0 Å². The molecule has 1 atom stereocenters. The molecule has 0 unspecified atom stereocenters. The number of halogens is 2. The molecule has 0 fully saturated rings. The first-order valence-corrected chi connectivity index (χ1v) is 11.7. The Morgan fingerprint density at radius 3 is 2.61 bits per heavy atom. The van der Waals surface area contributed by atoms with Gasteiger partial charge in [0.25, 0.3) is 0 Å². The molecule has 2 nitrogen and oxygen atoms in total. The van der Waals surface area contributed by atoms with Gasteiger partial charge in [-0.15, -0.1) is 11.5 Å². The van der Waals surface area contributed by atoms with Crippen LogP contribution in [0.4, 0.5) is 4.39 Å². The fourth-order valence-corrected chi connectivity index (χ4v) is 2.75. The maximum atomic E-state index is 13.7. The molecule has 0 saturated heterocycles. The van der Waals surface area contributed by atoms with Crippen LogP contribution in [0.25, 0.3) is 0 Å². The average molecular weight is 355 g/mol. The highest BCUT2D eigenvalue weighted by atomic mass is 35.5. The topological polar surface area (TPSA) is 26.3 Å². The maximum Gasteiger partial charge on any atom is 0.302 e. The number of benzene rings is 1. The van der Waals surface area contributed by atoms with Gasteiger partial charge in [0.15, 0.2) is 0 Å². The van der Waals surface area contributed by atoms with E-state index in [0.717, 1.165) is 24.8 Å². The molecule has 23 heavy (non-hydrogen) atoms. The smallest absolute Gasteiger partial charge is 0.302 e. The summed E-state index contributed by atoms with van der Waals surface area (Å²) in [6.45, 7) is 8.36. The van der Waals surface area contributed by atoms with Crippen molar-refractivity contribution in [3.8, 4) is 11.5 Å². The molecule has 1 aromatic rings. The number of carbonyl (C=O) groups excluding carboxylic acids is 1. The number of unbranched alkanes of at least 4 members (excludes halogenated alkanes) is 1. The van der Waals surface area contributed by atoms with Crippen molar-refractivity contribution in [2.24, 2.45) is 0 Å². The fraction of sp³-hybridized carbons (Fsp3) is 0.500. The van der Waals surface area contributed by atoms with Crippen LogP contribution in [0, 0.1) is 17.3 Å². The van der Waals surface area contributed by atoms with E-state index in [9.17, 15) is 9.18 Å². The number of ether oxygens (including phenoxy) is 1. The second kappa shape index (κ2) is 9.10. The molecule has 0 saturated carbocycles. The van der Waals surface area contributed by atoms with Gasteiger partial charge in [0, 0.05) is 12.8 Å². The van der Waals surface area contributed by atoms with E-state index in [2.05, 4.69) is 31.1 Å². The van der Waals surface area contributed by atoms with E-state index in [1.165, 1.54) is 13.0 Å². The maximum absolute atomic E-state index is 13.7. The summed E-state index contributed by atoms with van der Waals surface area (Å²) < 4.78 is 18.6. The highest BCUT2D eigenvalue weighted by Crippen LogP contribution is 2.25. The summed E-state index contributed by atoms with van der Waals surface area (Å²) in [6, 6.07) is 4.88. The predicted octanol–water partition coefficient (Wildman–Crippen LogP) is 5.18. The summed E-state index contributed by atoms with van der Waals surface area (Å²) in [5, 5.41) is 0.125. The van der Waals surface area contributed by atoms with Crippen molar-refractivity contribution in [2.75, 3.05) is 6.61 Å². The third-order valence-corrected chi connectivity index (χ3v) is 4.36. The monoisotopic (exact) mass is 354 g/mol. The third-order valence-electron chi connectivity index (χ3n) is 3.16. The Bertz CT molecular complexity index is 599. The summed E-state index contributed by atoms with van der Waals surface area (Å²) in [4.78, 5) is 10.8. The van der Waals surface area contributed by atoms with E-state index in [0.29, 0.717) is 6.61 Å². The van der Waals surface area contributed by atoms with Crippen LogP contribution in [0.2, 0.25) is 24.7 Å². The predicted molar refractivity (Wildman–Crippen MR) is 95.8 cm³/mol. The molecule has 0 N–H and O–H groups in total. The van der Waals surface area contributed by atoms with Gasteiger partial charge in [0.2, 0.25) is 0 Å². The zero-order valence-electron chi connectivity index (χ0n) is 14.2. The van der Waals surface area contributed by atoms with Crippen LogP contribution in [0.3, 0.4) is 0 Å². The minimum atomic E-state index is -1.50. The molecule has 0 bridgehead atoms. The Labute approximate surface area is 144 Å². The average Bonchev–Trinajstić information content (AvgIpc) is 2.43. The number of hydrogen-bond acceptors (Lipinski definition) is 2. The number of esters is 1. The van der Waals surface area contributed by atoms with Crippen molar-refractivity contribution in [3.05, 3.63) is 34.6 Å². The number of rotatable bonds is 6. The van der Waals surface area contributed by atoms with E-state index in [4.69, 9.17) is 16.3 Å². The second-order valence-corrected chi connectivity index (χ2v) is 11.7. The normalized spacial score (nSPS) is 12.3. The van der Waals surface area contributed by atoms with Gasteiger partial charge in [-0.2, -0.15) is 0 Å². The highest BCUT2D eigenvalue weighted by Gasteiger charge is 2.13. The molecule has 5 heteroatoms. The number of carbonyl (C=O) groups is 1. The van der Waals surface area contributed by atoms with Crippen LogP contribution < -0.4 is 0 Å². The quantitative estimate of drug-likeness (QED) is 0.304. The van der Waals surface area contributed by atoms with Crippen LogP contribution in [0.1, 0.15) is 37.7 Å². The zero-order valence-corrected chi connectivity index (χ0v) is 16.0. The van der Waals surface area contributed by atoms with Crippen LogP contribution in [0.15, 0.2) is 18.2 Å². The van der Waals surface area contributed by atoms with E-state index in [1.54, 1.807) is 6.07 Å². The van der Waals surface area contributed by atoms with Crippen LogP contribution >= 0.6 is 11.6 Å². The minimum Gasteiger partial charge on any atom is -0.466 e. The molecule has 0 aliphatic heterocycles. The van der Waals surface area contributed by atoms with Gasteiger partial charge < -0.3 is 4.74 Å². The largest absolute Gasteiger partial charge is 0.466 e. The van der Waals surface area contributed by atoms with Gasteiger partial charge in [-0.25, -0.2) is 4.39 Å². The summed E-state index contributed by atoms with van der Waals surface area (Å²) in [7, 11) is -1.50. The fourth-order valence-electron chi connectivity index (χ4n) is 2.02. The molecule has 0 aliphatic carbocycles. The van der Waals surface area contributed by atoms with Gasteiger partial charge in [0.1, 0.15) is 13.9 Å². The van der Waals surface area contributed by atoms with Crippen LogP contribution in [-0.2, 0) is 9.53 Å². The highest BCUT2D eigenvalue weighted by molar-refractivity contribution is 6.83. The standard InChI is InChI=1S/C18H24ClFO2Si/c1-14(21)22-11-6-5-7-15(10-12-23(2,3)4)16-8-9-17(19)18(20)13-16/h8-9,13,15H,5-7,11H2,1-4H3/t15-/m0/s1. The molecular formula is C18H24ClFO2Si. The van der Waals surface area contributed by atoms with Gasteiger partial charge in [-0.1, -0.05) is 37.3 Å². The lowest BCUT2D eigenvalue weighted by atomic mass is 9.94. The molecule has 0 amide bonds. The third kappa shape index (κ3) is 8.20. The number of hydrogen-bond donors (Lipinski definition) is 0. The van der Waals surface area contributed by atoms with Crippen molar-refractivity contribution in [1.29, 1.82) is 0 Å². The summed E-state index contributed by atoms with van der Waals surface area (Å²) >= 11 is 5.76. The van der Waals surface area contributed by atoms with Crippen molar-refractivity contribution < 1.29 is 13.9 Å². The Balaban J connectivity index is 2.78. The van der Waals surface area contributed by atoms with Gasteiger partial charge >= 0.3 is 5.97 Å². The van der Waals surface area contributed by atoms with Crippen molar-refractivity contribution in [2.45, 2.75) is 51.7 Å². The van der Waals surface area contributed by atoms with Gasteiger partial charge in [-0.3, -0.25) is 4.79 Å². The molecule has 0 heterocycles. The molecule has 0 spiro atoms. The Hall–Kier alpha value is -1.31. The van der Waals surface area contributed by atoms with Crippen LogP contribution in [-0.4, -0.2) is 20.7 Å². The molecule has 1 rings (SSSR count). The van der Waals surface area contributed by atoms with E-state index >= 15 is 0 Å². The second-order valence-electron chi connectivity index (χ2n) is 6.58. The first-order chi connectivity index (χ1) is 10.7. The molecular weight excluding hydrogens is 331 g/mol. The summed E-state index contributed by atoms with van der Waals surface area (Å²) in [5.41, 5.74) is 4.21.